The van der Waals surface area contributed by atoms with Gasteiger partial charge in [-0.2, -0.15) is 0 Å². The van der Waals surface area contributed by atoms with Crippen LogP contribution in [-0.2, 0) is 9.59 Å². The Morgan fingerprint density at radius 2 is 2.14 bits per heavy atom. The molecule has 0 aromatic heterocycles. The monoisotopic (exact) mass is 293 g/mol. The van der Waals surface area contributed by atoms with Crippen molar-refractivity contribution in [1.82, 2.24) is 15.5 Å². The topological polar surface area (TPSA) is 61.4 Å². The van der Waals surface area contributed by atoms with Crippen LogP contribution in [0.1, 0.15) is 39.5 Å². The molecule has 21 heavy (non-hydrogen) atoms. The first kappa shape index (κ1) is 14.8. The van der Waals surface area contributed by atoms with Crippen molar-refractivity contribution >= 4 is 11.8 Å². The first-order valence-electron chi connectivity index (χ1n) is 8.35. The van der Waals surface area contributed by atoms with E-state index >= 15 is 0 Å². The number of nitrogens with one attached hydrogen (secondary N) is 2. The number of nitrogens with zero attached hydrogens (tertiary/aromatic N) is 1. The van der Waals surface area contributed by atoms with Gasteiger partial charge < -0.3 is 10.6 Å². The summed E-state index contributed by atoms with van der Waals surface area (Å²) < 4.78 is 0. The second kappa shape index (κ2) is 5.95. The number of hydrogen-bond donors (Lipinski definition) is 2. The van der Waals surface area contributed by atoms with Gasteiger partial charge >= 0.3 is 0 Å². The maximum atomic E-state index is 12.4. The van der Waals surface area contributed by atoms with Crippen LogP contribution >= 0.6 is 0 Å². The van der Waals surface area contributed by atoms with Gasteiger partial charge in [0.05, 0.1) is 12.6 Å². The molecular formula is C16H27N3O2. The summed E-state index contributed by atoms with van der Waals surface area (Å²) in [6.45, 7) is 5.78. The number of hydrogen-bond acceptors (Lipinski definition) is 3. The Hall–Kier alpha value is -1.10. The summed E-state index contributed by atoms with van der Waals surface area (Å²) in [7, 11) is 0. The molecule has 0 aromatic rings. The Bertz CT molecular complexity index is 426. The SMILES string of the molecule is C[C@H](NC(=O)[C@H](C)N1CCNC(=O)C1)[C@H]1C[C@H]2CC[C@H]1C2. The van der Waals surface area contributed by atoms with Crippen molar-refractivity contribution in [2.24, 2.45) is 17.8 Å². The van der Waals surface area contributed by atoms with Crippen LogP contribution in [0.15, 0.2) is 0 Å². The maximum absolute atomic E-state index is 12.4. The lowest BCUT2D eigenvalue weighted by atomic mass is 9.84. The van der Waals surface area contributed by atoms with Gasteiger partial charge in [0.2, 0.25) is 11.8 Å². The number of fused-ring (bicyclic) bond motifs is 2. The molecule has 3 rings (SSSR count). The van der Waals surface area contributed by atoms with Crippen LogP contribution in [0.4, 0.5) is 0 Å². The van der Waals surface area contributed by atoms with Crippen molar-refractivity contribution in [3.8, 4) is 0 Å². The summed E-state index contributed by atoms with van der Waals surface area (Å²) in [5.41, 5.74) is 0. The molecule has 1 aliphatic heterocycles. The summed E-state index contributed by atoms with van der Waals surface area (Å²) in [6, 6.07) is 0.0333. The van der Waals surface area contributed by atoms with E-state index in [0.29, 0.717) is 19.0 Å². The van der Waals surface area contributed by atoms with E-state index in [4.69, 9.17) is 0 Å². The lowest BCUT2D eigenvalue weighted by molar-refractivity contribution is -0.130. The van der Waals surface area contributed by atoms with E-state index in [0.717, 1.165) is 18.4 Å². The summed E-state index contributed by atoms with van der Waals surface area (Å²) in [6.07, 6.45) is 5.39. The van der Waals surface area contributed by atoms with Crippen LogP contribution < -0.4 is 10.6 Å². The molecule has 1 saturated heterocycles. The molecule has 5 nitrogen and oxygen atoms in total. The third-order valence-corrected chi connectivity index (χ3v) is 5.80. The van der Waals surface area contributed by atoms with Gasteiger partial charge in [-0.05, 0) is 50.9 Å². The van der Waals surface area contributed by atoms with Crippen molar-refractivity contribution in [1.29, 1.82) is 0 Å². The molecule has 2 aliphatic carbocycles. The van der Waals surface area contributed by atoms with Gasteiger partial charge in [0.1, 0.15) is 0 Å². The van der Waals surface area contributed by atoms with Gasteiger partial charge in [0.15, 0.2) is 0 Å². The van der Waals surface area contributed by atoms with Crippen molar-refractivity contribution in [3.63, 3.8) is 0 Å². The Labute approximate surface area is 126 Å². The van der Waals surface area contributed by atoms with Gasteiger partial charge in [-0.15, -0.1) is 0 Å². The van der Waals surface area contributed by atoms with Crippen molar-refractivity contribution in [3.05, 3.63) is 0 Å². The van der Waals surface area contributed by atoms with Crippen LogP contribution in [-0.4, -0.2) is 48.4 Å². The number of carbonyl (C=O) groups excluding carboxylic acids is 2. The molecule has 2 saturated carbocycles. The Morgan fingerprint density at radius 1 is 1.33 bits per heavy atom. The quantitative estimate of drug-likeness (QED) is 0.804. The Balaban J connectivity index is 1.52. The molecular weight excluding hydrogens is 266 g/mol. The average molecular weight is 293 g/mol. The molecule has 3 aliphatic rings. The molecule has 2 N–H and O–H groups in total. The van der Waals surface area contributed by atoms with E-state index < -0.39 is 0 Å². The lowest BCUT2D eigenvalue weighted by Gasteiger charge is -2.34. The molecule has 1 heterocycles. The number of amides is 2. The Kier molecular flexibility index (Phi) is 4.20. The second-order valence-corrected chi connectivity index (χ2v) is 7.13. The average Bonchev–Trinajstić information content (AvgIpc) is 3.09. The summed E-state index contributed by atoms with van der Waals surface area (Å²) >= 11 is 0. The number of rotatable bonds is 4. The van der Waals surface area contributed by atoms with Gasteiger partial charge in [-0.1, -0.05) is 6.42 Å². The summed E-state index contributed by atoms with van der Waals surface area (Å²) in [5.74, 6) is 2.47. The zero-order valence-electron chi connectivity index (χ0n) is 13.1. The Morgan fingerprint density at radius 3 is 2.76 bits per heavy atom. The zero-order chi connectivity index (χ0) is 15.0. The highest BCUT2D eigenvalue weighted by atomic mass is 16.2. The minimum Gasteiger partial charge on any atom is -0.354 e. The number of piperazine rings is 1. The second-order valence-electron chi connectivity index (χ2n) is 7.13. The van der Waals surface area contributed by atoms with Crippen LogP contribution in [0.3, 0.4) is 0 Å². The highest BCUT2D eigenvalue weighted by Crippen LogP contribution is 2.49. The van der Waals surface area contributed by atoms with Crippen molar-refractivity contribution < 1.29 is 9.59 Å². The van der Waals surface area contributed by atoms with Crippen LogP contribution in [0, 0.1) is 17.8 Å². The van der Waals surface area contributed by atoms with Crippen LogP contribution in [0.25, 0.3) is 0 Å². The fourth-order valence-corrected chi connectivity index (χ4v) is 4.51. The molecule has 5 heteroatoms. The predicted molar refractivity (Wildman–Crippen MR) is 80.6 cm³/mol. The molecule has 0 radical (unpaired) electrons. The highest BCUT2D eigenvalue weighted by molar-refractivity contribution is 5.84. The van der Waals surface area contributed by atoms with Crippen molar-refractivity contribution in [2.75, 3.05) is 19.6 Å². The summed E-state index contributed by atoms with van der Waals surface area (Å²) in [5, 5.41) is 6.00. The largest absolute Gasteiger partial charge is 0.354 e. The van der Waals surface area contributed by atoms with Gasteiger partial charge in [0.25, 0.3) is 0 Å². The molecule has 5 atom stereocenters. The molecule has 0 spiro atoms. The molecule has 118 valence electrons. The molecule has 0 unspecified atom stereocenters. The van der Waals surface area contributed by atoms with Gasteiger partial charge in [-0.25, -0.2) is 0 Å². The molecule has 2 bridgehead atoms. The molecule has 3 fully saturated rings. The first-order chi connectivity index (χ1) is 10.0. The lowest BCUT2D eigenvalue weighted by Crippen LogP contribution is -2.56. The highest BCUT2D eigenvalue weighted by Gasteiger charge is 2.42. The smallest absolute Gasteiger partial charge is 0.237 e. The fraction of sp³-hybridized carbons (Fsp3) is 0.875. The van der Waals surface area contributed by atoms with Crippen molar-refractivity contribution in [2.45, 2.75) is 51.6 Å². The summed E-state index contributed by atoms with van der Waals surface area (Å²) in [4.78, 5) is 25.8. The minimum absolute atomic E-state index is 0.0158. The van der Waals surface area contributed by atoms with E-state index in [1.807, 2.05) is 11.8 Å². The fourth-order valence-electron chi connectivity index (χ4n) is 4.51. The molecule has 0 aromatic carbocycles. The van der Waals surface area contributed by atoms with Crippen LogP contribution in [0.2, 0.25) is 0 Å². The normalized spacial score (nSPS) is 35.3. The third kappa shape index (κ3) is 3.07. The van der Waals surface area contributed by atoms with E-state index in [2.05, 4.69) is 17.6 Å². The maximum Gasteiger partial charge on any atom is 0.237 e. The van der Waals surface area contributed by atoms with Crippen LogP contribution in [0.5, 0.6) is 0 Å². The van der Waals surface area contributed by atoms with E-state index in [1.165, 1.54) is 25.7 Å². The molecule has 2 amide bonds. The van der Waals surface area contributed by atoms with E-state index in [-0.39, 0.29) is 23.9 Å². The standard InChI is InChI=1S/C16H27N3O2/c1-10(14-8-12-3-4-13(14)7-12)18-16(21)11(2)19-6-5-17-15(20)9-19/h10-14H,3-9H2,1-2H3,(H,17,20)(H,18,21)/t10-,11-,12-,13-,14+/m0/s1. The van der Waals surface area contributed by atoms with Gasteiger partial charge in [-0.3, -0.25) is 14.5 Å². The number of carbonyl (C=O) groups is 2. The van der Waals surface area contributed by atoms with Gasteiger partial charge in [0, 0.05) is 19.1 Å². The predicted octanol–water partition coefficient (Wildman–Crippen LogP) is 0.748. The first-order valence-corrected chi connectivity index (χ1v) is 8.35. The third-order valence-electron chi connectivity index (χ3n) is 5.80. The van der Waals surface area contributed by atoms with E-state index in [9.17, 15) is 9.59 Å². The van der Waals surface area contributed by atoms with E-state index in [1.54, 1.807) is 0 Å². The zero-order valence-corrected chi connectivity index (χ0v) is 13.1. The minimum atomic E-state index is -0.225.